The standard InChI is InChI=1S/C18H22F2N4/c1-4-21-18-22-11(3)14-8-13(10-24(5-2)17(14)23-18)12-6-7-15(19)16(20)9-12/h6-7,9-10,14,17H,4-5,8H2,1-3H3,(H,21,23). The highest BCUT2D eigenvalue weighted by Gasteiger charge is 2.36. The summed E-state index contributed by atoms with van der Waals surface area (Å²) in [6.45, 7) is 7.53. The number of benzene rings is 1. The van der Waals surface area contributed by atoms with Crippen molar-refractivity contribution < 1.29 is 8.78 Å². The van der Waals surface area contributed by atoms with Gasteiger partial charge in [-0.15, -0.1) is 0 Å². The van der Waals surface area contributed by atoms with Gasteiger partial charge in [0.1, 0.15) is 6.17 Å². The summed E-state index contributed by atoms with van der Waals surface area (Å²) in [6.07, 6.45) is 2.85. The molecule has 3 rings (SSSR count). The molecule has 2 heterocycles. The van der Waals surface area contributed by atoms with Crippen molar-refractivity contribution in [2.75, 3.05) is 13.1 Å². The van der Waals surface area contributed by atoms with E-state index < -0.39 is 11.6 Å². The van der Waals surface area contributed by atoms with Gasteiger partial charge < -0.3 is 10.2 Å². The summed E-state index contributed by atoms with van der Waals surface area (Å²) in [5.74, 6) is -0.797. The molecule has 0 bridgehead atoms. The number of fused-ring (bicyclic) bond motifs is 1. The van der Waals surface area contributed by atoms with Crippen LogP contribution in [0.15, 0.2) is 34.4 Å². The third-order valence-corrected chi connectivity index (χ3v) is 4.56. The van der Waals surface area contributed by atoms with Gasteiger partial charge >= 0.3 is 0 Å². The van der Waals surface area contributed by atoms with E-state index in [0.29, 0.717) is 18.1 Å². The Morgan fingerprint density at radius 2 is 2.08 bits per heavy atom. The molecule has 0 aromatic heterocycles. The second kappa shape index (κ2) is 6.71. The number of hydrogen-bond donors (Lipinski definition) is 1. The van der Waals surface area contributed by atoms with Crippen molar-refractivity contribution in [1.29, 1.82) is 0 Å². The third kappa shape index (κ3) is 3.05. The zero-order valence-corrected chi connectivity index (χ0v) is 14.2. The molecule has 2 aliphatic rings. The molecule has 0 amide bonds. The van der Waals surface area contributed by atoms with Gasteiger partial charge in [0.05, 0.1) is 0 Å². The molecule has 1 aromatic carbocycles. The quantitative estimate of drug-likeness (QED) is 0.921. The Hall–Kier alpha value is -2.24. The molecule has 6 heteroatoms. The Balaban J connectivity index is 1.95. The summed E-state index contributed by atoms with van der Waals surface area (Å²) in [5, 5.41) is 3.39. The lowest BCUT2D eigenvalue weighted by Gasteiger charge is -2.43. The van der Waals surface area contributed by atoms with E-state index in [1.165, 1.54) is 12.1 Å². The highest BCUT2D eigenvalue weighted by atomic mass is 19.2. The van der Waals surface area contributed by atoms with E-state index in [2.05, 4.69) is 27.1 Å². The highest BCUT2D eigenvalue weighted by molar-refractivity contribution is 6.01. The van der Waals surface area contributed by atoms with Gasteiger partial charge in [-0.1, -0.05) is 6.07 Å². The lowest BCUT2D eigenvalue weighted by atomic mass is 9.85. The predicted octanol–water partition coefficient (Wildman–Crippen LogP) is 3.41. The fourth-order valence-corrected chi connectivity index (χ4v) is 3.29. The molecule has 0 spiro atoms. The van der Waals surface area contributed by atoms with Crippen molar-refractivity contribution in [3.8, 4) is 0 Å². The number of guanidine groups is 1. The zero-order chi connectivity index (χ0) is 17.3. The molecule has 128 valence electrons. The van der Waals surface area contributed by atoms with Crippen LogP contribution in [0.2, 0.25) is 0 Å². The molecule has 2 unspecified atom stereocenters. The largest absolute Gasteiger partial charge is 0.357 e. The molecule has 24 heavy (non-hydrogen) atoms. The summed E-state index contributed by atoms with van der Waals surface area (Å²) >= 11 is 0. The van der Waals surface area contributed by atoms with Crippen molar-refractivity contribution in [2.45, 2.75) is 33.4 Å². The van der Waals surface area contributed by atoms with Gasteiger partial charge in [-0.05, 0) is 50.5 Å². The van der Waals surface area contributed by atoms with Crippen LogP contribution in [0.3, 0.4) is 0 Å². The van der Waals surface area contributed by atoms with Crippen LogP contribution < -0.4 is 5.32 Å². The maximum Gasteiger partial charge on any atom is 0.219 e. The van der Waals surface area contributed by atoms with Crippen molar-refractivity contribution in [3.63, 3.8) is 0 Å². The fourth-order valence-electron chi connectivity index (χ4n) is 3.29. The molecule has 0 saturated carbocycles. The molecular formula is C18H22F2N4. The minimum absolute atomic E-state index is 0.0897. The van der Waals surface area contributed by atoms with Crippen LogP contribution in [0.5, 0.6) is 0 Å². The Labute approximate surface area is 141 Å². The Bertz CT molecular complexity index is 724. The number of nitrogens with zero attached hydrogens (tertiary/aromatic N) is 3. The van der Waals surface area contributed by atoms with Gasteiger partial charge in [0.2, 0.25) is 5.96 Å². The monoisotopic (exact) mass is 332 g/mol. The third-order valence-electron chi connectivity index (χ3n) is 4.56. The predicted molar refractivity (Wildman–Crippen MR) is 92.8 cm³/mol. The van der Waals surface area contributed by atoms with E-state index in [4.69, 9.17) is 0 Å². The van der Waals surface area contributed by atoms with E-state index in [0.717, 1.165) is 24.3 Å². The summed E-state index contributed by atoms with van der Waals surface area (Å²) in [6, 6.07) is 4.08. The molecule has 0 saturated heterocycles. The first kappa shape index (κ1) is 16.6. The van der Waals surface area contributed by atoms with Crippen molar-refractivity contribution in [3.05, 3.63) is 41.6 Å². The van der Waals surface area contributed by atoms with E-state index in [1.807, 2.05) is 20.0 Å². The first-order chi connectivity index (χ1) is 11.5. The van der Waals surface area contributed by atoms with E-state index in [-0.39, 0.29) is 12.1 Å². The lowest BCUT2D eigenvalue weighted by Crippen LogP contribution is -2.56. The normalized spacial score (nSPS) is 25.0. The van der Waals surface area contributed by atoms with Gasteiger partial charge in [0.25, 0.3) is 0 Å². The Morgan fingerprint density at radius 1 is 1.29 bits per heavy atom. The van der Waals surface area contributed by atoms with E-state index in [9.17, 15) is 8.78 Å². The van der Waals surface area contributed by atoms with Crippen LogP contribution in [0.25, 0.3) is 5.57 Å². The Kier molecular flexibility index (Phi) is 4.64. The minimum atomic E-state index is -0.821. The van der Waals surface area contributed by atoms with Crippen LogP contribution in [-0.4, -0.2) is 35.8 Å². The average Bonchev–Trinajstić information content (AvgIpc) is 2.57. The zero-order valence-electron chi connectivity index (χ0n) is 14.2. The van der Waals surface area contributed by atoms with Crippen LogP contribution in [0.1, 0.15) is 32.8 Å². The first-order valence-corrected chi connectivity index (χ1v) is 8.31. The van der Waals surface area contributed by atoms with Crippen molar-refractivity contribution >= 4 is 17.2 Å². The molecule has 1 aromatic rings. The molecule has 4 nitrogen and oxygen atoms in total. The van der Waals surface area contributed by atoms with Crippen molar-refractivity contribution in [1.82, 2.24) is 10.2 Å². The number of hydrogen-bond acceptors (Lipinski definition) is 2. The smallest absolute Gasteiger partial charge is 0.219 e. The van der Waals surface area contributed by atoms with Crippen LogP contribution in [0.4, 0.5) is 8.78 Å². The van der Waals surface area contributed by atoms with Gasteiger partial charge in [-0.2, -0.15) is 0 Å². The molecule has 0 fully saturated rings. The van der Waals surface area contributed by atoms with E-state index in [1.54, 1.807) is 6.07 Å². The topological polar surface area (TPSA) is 40.0 Å². The number of rotatable bonds is 3. The number of allylic oxidation sites excluding steroid dienone is 1. The van der Waals surface area contributed by atoms with E-state index >= 15 is 0 Å². The maximum absolute atomic E-state index is 13.6. The molecule has 0 radical (unpaired) electrons. The van der Waals surface area contributed by atoms with Crippen LogP contribution in [-0.2, 0) is 0 Å². The van der Waals surface area contributed by atoms with Gasteiger partial charge in [0.15, 0.2) is 11.6 Å². The number of halogens is 2. The average molecular weight is 332 g/mol. The lowest BCUT2D eigenvalue weighted by molar-refractivity contribution is 0.212. The maximum atomic E-state index is 13.6. The second-order valence-electron chi connectivity index (χ2n) is 6.06. The number of nitrogens with one attached hydrogen (secondary N) is 1. The Morgan fingerprint density at radius 3 is 2.75 bits per heavy atom. The van der Waals surface area contributed by atoms with Gasteiger partial charge in [-0.25, -0.2) is 13.8 Å². The molecule has 0 aliphatic carbocycles. The molecule has 1 N–H and O–H groups in total. The highest BCUT2D eigenvalue weighted by Crippen LogP contribution is 2.34. The molecule has 2 aliphatic heterocycles. The molecule has 2 atom stereocenters. The van der Waals surface area contributed by atoms with Gasteiger partial charge in [0, 0.05) is 30.9 Å². The minimum Gasteiger partial charge on any atom is -0.357 e. The summed E-state index contributed by atoms with van der Waals surface area (Å²) in [5.41, 5.74) is 2.72. The number of aliphatic imine (C=N–C) groups is 2. The SMILES string of the molecule is CCN=C1N=C(C)C2CC(c3ccc(F)c(F)c3)=CN(CC)C2N1. The van der Waals surface area contributed by atoms with Crippen LogP contribution in [0, 0.1) is 17.6 Å². The fraction of sp³-hybridized carbons (Fsp3) is 0.444. The summed E-state index contributed by atoms with van der Waals surface area (Å²) in [4.78, 5) is 11.1. The van der Waals surface area contributed by atoms with Crippen molar-refractivity contribution in [2.24, 2.45) is 15.9 Å². The van der Waals surface area contributed by atoms with Gasteiger partial charge in [-0.3, -0.25) is 4.99 Å². The summed E-state index contributed by atoms with van der Waals surface area (Å²) in [7, 11) is 0. The second-order valence-corrected chi connectivity index (χ2v) is 6.06. The first-order valence-electron chi connectivity index (χ1n) is 8.31. The molecular weight excluding hydrogens is 310 g/mol. The van der Waals surface area contributed by atoms with Crippen LogP contribution >= 0.6 is 0 Å². The summed E-state index contributed by atoms with van der Waals surface area (Å²) < 4.78 is 26.8.